The Bertz CT molecular complexity index is 1170. The molecule has 0 bridgehead atoms. The highest BCUT2D eigenvalue weighted by molar-refractivity contribution is 7.17. The molecule has 1 fully saturated rings. The minimum atomic E-state index is -0.214. The molecule has 2 amide bonds. The van der Waals surface area contributed by atoms with Crippen molar-refractivity contribution in [3.8, 4) is 11.5 Å². The lowest BCUT2D eigenvalue weighted by atomic mass is 9.96. The van der Waals surface area contributed by atoms with Crippen LogP contribution in [0.5, 0.6) is 11.5 Å². The van der Waals surface area contributed by atoms with Crippen LogP contribution in [0.15, 0.2) is 35.7 Å². The van der Waals surface area contributed by atoms with Gasteiger partial charge in [0, 0.05) is 20.1 Å². The number of ether oxygens (including phenoxy) is 2. The van der Waals surface area contributed by atoms with Crippen molar-refractivity contribution in [3.63, 3.8) is 0 Å². The molecule has 2 aliphatic rings. The summed E-state index contributed by atoms with van der Waals surface area (Å²) in [6.07, 6.45) is 1.60. The molecule has 2 atom stereocenters. The van der Waals surface area contributed by atoms with Gasteiger partial charge in [-0.25, -0.2) is 0 Å². The first-order valence-electron chi connectivity index (χ1n) is 11.0. The number of aryl methyl sites for hydroxylation is 1. The summed E-state index contributed by atoms with van der Waals surface area (Å²) in [5.41, 5.74) is 2.71. The summed E-state index contributed by atoms with van der Waals surface area (Å²) in [5.74, 6) is 1.21. The maximum Gasteiger partial charge on any atom is 0.270 e. The Morgan fingerprint density at radius 1 is 1.16 bits per heavy atom. The second kappa shape index (κ2) is 8.50. The molecule has 3 aromatic rings. The fraction of sp³-hybridized carbons (Fsp3) is 0.417. The fourth-order valence-corrected chi connectivity index (χ4v) is 5.39. The van der Waals surface area contributed by atoms with Crippen molar-refractivity contribution in [2.24, 2.45) is 13.0 Å². The van der Waals surface area contributed by atoms with Crippen LogP contribution >= 0.6 is 11.3 Å². The molecule has 2 aliphatic heterocycles. The van der Waals surface area contributed by atoms with Crippen molar-refractivity contribution in [1.82, 2.24) is 14.8 Å². The van der Waals surface area contributed by atoms with Gasteiger partial charge in [0.05, 0.1) is 22.2 Å². The number of thiophene rings is 1. The first-order valence-corrected chi connectivity index (χ1v) is 11.9. The van der Waals surface area contributed by atoms with Crippen molar-refractivity contribution in [2.75, 3.05) is 26.3 Å². The van der Waals surface area contributed by atoms with Crippen molar-refractivity contribution in [3.05, 3.63) is 47.0 Å². The van der Waals surface area contributed by atoms with Crippen molar-refractivity contribution >= 4 is 33.4 Å². The monoisotopic (exact) mass is 453 g/mol. The number of aromatic nitrogens is 1. The fourth-order valence-electron chi connectivity index (χ4n) is 4.54. The van der Waals surface area contributed by atoms with E-state index in [9.17, 15) is 9.59 Å². The summed E-state index contributed by atoms with van der Waals surface area (Å²) >= 11 is 1.63. The van der Waals surface area contributed by atoms with Gasteiger partial charge in [-0.2, -0.15) is 0 Å². The molecule has 0 saturated carbocycles. The number of rotatable bonds is 4. The van der Waals surface area contributed by atoms with E-state index in [1.807, 2.05) is 59.2 Å². The summed E-state index contributed by atoms with van der Waals surface area (Å²) in [4.78, 5) is 28.0. The predicted molar refractivity (Wildman–Crippen MR) is 123 cm³/mol. The number of nitrogens with one attached hydrogen (secondary N) is 1. The second-order valence-electron chi connectivity index (χ2n) is 8.48. The van der Waals surface area contributed by atoms with Crippen LogP contribution < -0.4 is 14.8 Å². The lowest BCUT2D eigenvalue weighted by molar-refractivity contribution is -0.127. The van der Waals surface area contributed by atoms with Gasteiger partial charge in [0.25, 0.3) is 5.91 Å². The van der Waals surface area contributed by atoms with E-state index in [1.165, 1.54) is 0 Å². The molecular formula is C24H27N3O4S. The quantitative estimate of drug-likeness (QED) is 0.653. The zero-order valence-corrected chi connectivity index (χ0v) is 19.1. The van der Waals surface area contributed by atoms with Gasteiger partial charge in [0.15, 0.2) is 11.5 Å². The SMILES string of the molecule is C[C@@H](NC(=O)[C@H]1CCCN(C(=O)c2cc3sccc3n2C)C1)c1ccc2c(c1)OCCO2. The Labute approximate surface area is 190 Å². The predicted octanol–water partition coefficient (Wildman–Crippen LogP) is 3.74. The number of fused-ring (bicyclic) bond motifs is 2. The van der Waals surface area contributed by atoms with Gasteiger partial charge in [-0.3, -0.25) is 9.59 Å². The minimum Gasteiger partial charge on any atom is -0.486 e. The Balaban J connectivity index is 1.25. The lowest BCUT2D eigenvalue weighted by Crippen LogP contribution is -2.46. The van der Waals surface area contributed by atoms with Crippen molar-refractivity contribution in [1.29, 1.82) is 0 Å². The van der Waals surface area contributed by atoms with Crippen molar-refractivity contribution in [2.45, 2.75) is 25.8 Å². The number of benzene rings is 1. The highest BCUT2D eigenvalue weighted by Gasteiger charge is 2.31. The molecule has 0 radical (unpaired) electrons. The zero-order chi connectivity index (χ0) is 22.2. The minimum absolute atomic E-state index is 0.00622. The van der Waals surface area contributed by atoms with Crippen LogP contribution in [0.1, 0.15) is 41.9 Å². The average molecular weight is 454 g/mol. The maximum absolute atomic E-state index is 13.2. The molecule has 0 unspecified atom stereocenters. The van der Waals surface area contributed by atoms with Gasteiger partial charge >= 0.3 is 0 Å². The standard InChI is InChI=1S/C24H27N3O4S/c1-15(16-5-6-20-21(12-16)31-10-9-30-20)25-23(28)17-4-3-8-27(14-17)24(29)19-13-22-18(26(19)2)7-11-32-22/h5-7,11-13,15,17H,3-4,8-10,14H2,1-2H3,(H,25,28)/t15-,17+/m1/s1. The summed E-state index contributed by atoms with van der Waals surface area (Å²) < 4.78 is 14.3. The van der Waals surface area contributed by atoms with Crippen LogP contribution in [-0.2, 0) is 11.8 Å². The molecule has 2 aromatic heterocycles. The molecule has 0 spiro atoms. The zero-order valence-electron chi connectivity index (χ0n) is 18.3. The third-order valence-electron chi connectivity index (χ3n) is 6.39. The van der Waals surface area contributed by atoms with E-state index >= 15 is 0 Å². The summed E-state index contributed by atoms with van der Waals surface area (Å²) in [7, 11) is 1.92. The Morgan fingerprint density at radius 2 is 1.97 bits per heavy atom. The van der Waals surface area contributed by atoms with Gasteiger partial charge in [-0.15, -0.1) is 11.3 Å². The number of amides is 2. The molecule has 32 heavy (non-hydrogen) atoms. The van der Waals surface area contributed by atoms with E-state index in [4.69, 9.17) is 9.47 Å². The summed E-state index contributed by atoms with van der Waals surface area (Å²) in [6, 6.07) is 9.59. The number of carbonyl (C=O) groups is 2. The molecule has 7 nitrogen and oxygen atoms in total. The third-order valence-corrected chi connectivity index (χ3v) is 7.24. The average Bonchev–Trinajstić information content (AvgIpc) is 3.41. The van der Waals surface area contributed by atoms with Crippen LogP contribution in [0, 0.1) is 5.92 Å². The highest BCUT2D eigenvalue weighted by atomic mass is 32.1. The topological polar surface area (TPSA) is 72.8 Å². The number of carbonyl (C=O) groups excluding carboxylic acids is 2. The van der Waals surface area contributed by atoms with Gasteiger partial charge in [-0.05, 0) is 55.0 Å². The normalized spacial score (nSPS) is 19.1. The van der Waals surface area contributed by atoms with E-state index in [-0.39, 0.29) is 23.8 Å². The van der Waals surface area contributed by atoms with Gasteiger partial charge < -0.3 is 24.3 Å². The molecule has 5 rings (SSSR count). The lowest BCUT2D eigenvalue weighted by Gasteiger charge is -2.33. The van der Waals surface area contributed by atoms with E-state index in [0.717, 1.165) is 34.4 Å². The highest BCUT2D eigenvalue weighted by Crippen LogP contribution is 2.33. The number of hydrogen-bond donors (Lipinski definition) is 1. The maximum atomic E-state index is 13.2. The van der Waals surface area contributed by atoms with Gasteiger partial charge in [0.1, 0.15) is 18.9 Å². The van der Waals surface area contributed by atoms with Crippen molar-refractivity contribution < 1.29 is 19.1 Å². The van der Waals surface area contributed by atoms with E-state index in [0.29, 0.717) is 37.7 Å². The Hall–Kier alpha value is -3.00. The van der Waals surface area contributed by atoms with E-state index in [2.05, 4.69) is 5.32 Å². The van der Waals surface area contributed by atoms with Crippen LogP contribution in [0.3, 0.4) is 0 Å². The first kappa shape index (κ1) is 20.9. The van der Waals surface area contributed by atoms with Crippen LogP contribution in [-0.4, -0.2) is 47.6 Å². The van der Waals surface area contributed by atoms with Crippen LogP contribution in [0.4, 0.5) is 0 Å². The molecule has 4 heterocycles. The van der Waals surface area contributed by atoms with E-state index in [1.54, 1.807) is 11.3 Å². The largest absolute Gasteiger partial charge is 0.486 e. The molecular weight excluding hydrogens is 426 g/mol. The smallest absolute Gasteiger partial charge is 0.270 e. The molecule has 1 saturated heterocycles. The molecule has 1 aromatic carbocycles. The number of hydrogen-bond acceptors (Lipinski definition) is 5. The van der Waals surface area contributed by atoms with Crippen LogP contribution in [0.25, 0.3) is 10.2 Å². The first-order chi connectivity index (χ1) is 15.5. The summed E-state index contributed by atoms with van der Waals surface area (Å²) in [6.45, 7) is 4.17. The van der Waals surface area contributed by atoms with Gasteiger partial charge in [-0.1, -0.05) is 6.07 Å². The molecule has 8 heteroatoms. The third kappa shape index (κ3) is 3.83. The number of likely N-dealkylation sites (tertiary alicyclic amines) is 1. The van der Waals surface area contributed by atoms with E-state index < -0.39 is 0 Å². The molecule has 0 aliphatic carbocycles. The van der Waals surface area contributed by atoms with Crippen LogP contribution in [0.2, 0.25) is 0 Å². The molecule has 168 valence electrons. The Morgan fingerprint density at radius 3 is 2.78 bits per heavy atom. The second-order valence-corrected chi connectivity index (χ2v) is 9.43. The molecule has 1 N–H and O–H groups in total. The number of piperidine rings is 1. The van der Waals surface area contributed by atoms with Gasteiger partial charge in [0.2, 0.25) is 5.91 Å². The Kier molecular flexibility index (Phi) is 5.55. The number of nitrogens with zero attached hydrogens (tertiary/aromatic N) is 2. The summed E-state index contributed by atoms with van der Waals surface area (Å²) in [5, 5.41) is 5.15.